The van der Waals surface area contributed by atoms with Gasteiger partial charge in [0.15, 0.2) is 0 Å². The third kappa shape index (κ3) is 5.50. The number of fused-ring (bicyclic) bond motifs is 2. The summed E-state index contributed by atoms with van der Waals surface area (Å²) in [6.45, 7) is 17.2. The molecule has 0 unspecified atom stereocenters. The molecule has 0 radical (unpaired) electrons. The standard InChI is InChI=1S/C29H35BrN6O3/c1-28(2,3)39-27(37)36-14-13-34(18-21(36)17-32-4)25-22-8-7-20(30)15-24(22)33-26(23(25)16-31)38-19-29-9-5-11-35(29)12-6-10-29/h7-8,15,21H,5-6,9-14,17-19H2,1-3H3/t21-/m0/s1. The molecule has 0 N–H and O–H groups in total. The number of ether oxygens (including phenoxy) is 2. The Balaban J connectivity index is 1.50. The van der Waals surface area contributed by atoms with E-state index in [0.29, 0.717) is 37.7 Å². The molecule has 0 bridgehead atoms. The van der Waals surface area contributed by atoms with Crippen LogP contribution in [-0.4, -0.2) is 83.9 Å². The van der Waals surface area contributed by atoms with Crippen molar-refractivity contribution in [2.24, 2.45) is 0 Å². The van der Waals surface area contributed by atoms with Gasteiger partial charge in [-0.3, -0.25) is 9.80 Å². The number of hydrogen-bond acceptors (Lipinski definition) is 7. The van der Waals surface area contributed by atoms with E-state index < -0.39 is 11.7 Å². The lowest BCUT2D eigenvalue weighted by Gasteiger charge is -2.41. The average molecular weight is 596 g/mol. The summed E-state index contributed by atoms with van der Waals surface area (Å²) in [6.07, 6.45) is 4.13. The Morgan fingerprint density at radius 3 is 2.67 bits per heavy atom. The third-order valence-electron chi connectivity index (χ3n) is 8.02. The molecule has 0 spiro atoms. The highest BCUT2D eigenvalue weighted by Crippen LogP contribution is 2.41. The first-order valence-electron chi connectivity index (χ1n) is 13.6. The first kappa shape index (κ1) is 27.5. The van der Waals surface area contributed by atoms with Gasteiger partial charge >= 0.3 is 6.09 Å². The van der Waals surface area contributed by atoms with Gasteiger partial charge < -0.3 is 19.2 Å². The monoisotopic (exact) mass is 594 g/mol. The molecule has 1 aromatic carbocycles. The molecule has 0 saturated carbocycles. The van der Waals surface area contributed by atoms with Crippen molar-refractivity contribution in [2.45, 2.75) is 63.6 Å². The van der Waals surface area contributed by atoms with Crippen LogP contribution in [0.5, 0.6) is 5.88 Å². The molecule has 3 saturated heterocycles. The number of nitriles is 1. The van der Waals surface area contributed by atoms with E-state index in [1.54, 1.807) is 4.90 Å². The maximum Gasteiger partial charge on any atom is 0.410 e. The summed E-state index contributed by atoms with van der Waals surface area (Å²) in [4.78, 5) is 27.7. The van der Waals surface area contributed by atoms with Crippen LogP contribution in [-0.2, 0) is 4.74 Å². The summed E-state index contributed by atoms with van der Waals surface area (Å²) in [7, 11) is 0. The highest BCUT2D eigenvalue weighted by molar-refractivity contribution is 9.10. The Bertz CT molecular complexity index is 1330. The van der Waals surface area contributed by atoms with Gasteiger partial charge in [-0.2, -0.15) is 5.26 Å². The Morgan fingerprint density at radius 2 is 2.00 bits per heavy atom. The number of aromatic nitrogens is 1. The van der Waals surface area contributed by atoms with Gasteiger partial charge in [-0.1, -0.05) is 15.9 Å². The van der Waals surface area contributed by atoms with E-state index >= 15 is 0 Å². The normalized spacial score (nSPS) is 20.9. The van der Waals surface area contributed by atoms with Crippen molar-refractivity contribution in [2.75, 3.05) is 50.8 Å². The van der Waals surface area contributed by atoms with Gasteiger partial charge in [0.25, 0.3) is 0 Å². The Kier molecular flexibility index (Phi) is 7.63. The third-order valence-corrected chi connectivity index (χ3v) is 8.51. The highest BCUT2D eigenvalue weighted by Gasteiger charge is 2.45. The largest absolute Gasteiger partial charge is 0.475 e. The molecular weight excluding hydrogens is 560 g/mol. The van der Waals surface area contributed by atoms with E-state index in [2.05, 4.69) is 36.6 Å². The number of anilines is 1. The van der Waals surface area contributed by atoms with Crippen LogP contribution in [0.25, 0.3) is 15.7 Å². The summed E-state index contributed by atoms with van der Waals surface area (Å²) in [5.41, 5.74) is 1.28. The fourth-order valence-electron chi connectivity index (χ4n) is 6.28. The molecule has 39 heavy (non-hydrogen) atoms. The van der Waals surface area contributed by atoms with Crippen LogP contribution in [0.4, 0.5) is 10.5 Å². The molecule has 1 aromatic heterocycles. The molecule has 1 amide bonds. The fourth-order valence-corrected chi connectivity index (χ4v) is 6.63. The number of rotatable bonds is 5. The molecule has 3 fully saturated rings. The van der Waals surface area contributed by atoms with Gasteiger partial charge in [-0.05, 0) is 77.7 Å². The highest BCUT2D eigenvalue weighted by atomic mass is 79.9. The number of benzene rings is 1. The molecule has 3 aliphatic heterocycles. The zero-order chi connectivity index (χ0) is 27.8. The summed E-state index contributed by atoms with van der Waals surface area (Å²) >= 11 is 3.56. The molecule has 10 heteroatoms. The summed E-state index contributed by atoms with van der Waals surface area (Å²) in [6, 6.07) is 7.87. The molecular formula is C29H35BrN6O3. The van der Waals surface area contributed by atoms with E-state index in [-0.39, 0.29) is 18.1 Å². The predicted octanol–water partition coefficient (Wildman–Crippen LogP) is 5.22. The Morgan fingerprint density at radius 1 is 1.26 bits per heavy atom. The van der Waals surface area contributed by atoms with Crippen LogP contribution in [0.3, 0.4) is 0 Å². The quantitative estimate of drug-likeness (QED) is 0.438. The second-order valence-corrected chi connectivity index (χ2v) is 12.7. The summed E-state index contributed by atoms with van der Waals surface area (Å²) in [5, 5.41) is 11.3. The molecule has 9 nitrogen and oxygen atoms in total. The van der Waals surface area contributed by atoms with Crippen molar-refractivity contribution >= 4 is 38.6 Å². The molecule has 5 rings (SSSR count). The number of halogens is 1. The topological polar surface area (TPSA) is 86.3 Å². The molecule has 3 aliphatic rings. The molecule has 4 heterocycles. The Labute approximate surface area is 238 Å². The molecule has 0 aliphatic carbocycles. The van der Waals surface area contributed by atoms with E-state index in [1.807, 2.05) is 39.0 Å². The van der Waals surface area contributed by atoms with Gasteiger partial charge in [-0.15, -0.1) is 0 Å². The zero-order valence-electron chi connectivity index (χ0n) is 22.9. The second-order valence-electron chi connectivity index (χ2n) is 11.7. The minimum Gasteiger partial charge on any atom is -0.475 e. The number of carbonyl (C=O) groups excluding carboxylic acids is 1. The number of nitrogens with zero attached hydrogens (tertiary/aromatic N) is 6. The number of amides is 1. The van der Waals surface area contributed by atoms with Gasteiger partial charge in [-0.25, -0.2) is 16.4 Å². The molecule has 206 valence electrons. The maximum absolute atomic E-state index is 13.0. The second kappa shape index (κ2) is 10.8. The summed E-state index contributed by atoms with van der Waals surface area (Å²) in [5.74, 6) is 0.350. The average Bonchev–Trinajstić information content (AvgIpc) is 3.46. The summed E-state index contributed by atoms with van der Waals surface area (Å²) < 4.78 is 13.0. The van der Waals surface area contributed by atoms with Crippen LogP contribution in [0.2, 0.25) is 0 Å². The minimum absolute atomic E-state index is 0.0283. The van der Waals surface area contributed by atoms with Crippen molar-refractivity contribution in [3.8, 4) is 11.9 Å². The minimum atomic E-state index is -0.625. The van der Waals surface area contributed by atoms with Crippen molar-refractivity contribution in [3.05, 3.63) is 39.7 Å². The van der Waals surface area contributed by atoms with Crippen molar-refractivity contribution in [3.63, 3.8) is 0 Å². The number of hydrogen-bond donors (Lipinski definition) is 0. The van der Waals surface area contributed by atoms with Crippen LogP contribution in [0, 0.1) is 17.9 Å². The molecule has 1 atom stereocenters. The SMILES string of the molecule is [C-]#[N+]C[C@H]1CN(c2c(C#N)c(OCC34CCCN3CCC4)nc3cc(Br)ccc23)CCN1C(=O)OC(C)(C)C. The number of piperazine rings is 1. The van der Waals surface area contributed by atoms with Crippen LogP contribution in [0.15, 0.2) is 22.7 Å². The van der Waals surface area contributed by atoms with Crippen LogP contribution >= 0.6 is 15.9 Å². The van der Waals surface area contributed by atoms with Gasteiger partial charge in [0.1, 0.15) is 29.9 Å². The first-order valence-corrected chi connectivity index (χ1v) is 14.4. The fraction of sp³-hybridized carbons (Fsp3) is 0.586. The smallest absolute Gasteiger partial charge is 0.410 e. The van der Waals surface area contributed by atoms with Crippen LogP contribution in [0.1, 0.15) is 52.0 Å². The first-order chi connectivity index (χ1) is 18.6. The lowest BCUT2D eigenvalue weighted by molar-refractivity contribution is 0.0156. The van der Waals surface area contributed by atoms with E-state index in [4.69, 9.17) is 21.0 Å². The van der Waals surface area contributed by atoms with Gasteiger partial charge in [0, 0.05) is 29.5 Å². The van der Waals surface area contributed by atoms with Crippen molar-refractivity contribution in [1.29, 1.82) is 5.26 Å². The zero-order valence-corrected chi connectivity index (χ0v) is 24.5. The number of carbonyl (C=O) groups is 1. The maximum atomic E-state index is 13.0. The number of pyridine rings is 1. The Hall–Kier alpha value is -3.08. The van der Waals surface area contributed by atoms with Gasteiger partial charge in [0.2, 0.25) is 12.4 Å². The van der Waals surface area contributed by atoms with E-state index in [9.17, 15) is 10.1 Å². The van der Waals surface area contributed by atoms with Crippen LogP contribution < -0.4 is 9.64 Å². The lowest BCUT2D eigenvalue weighted by atomic mass is 9.95. The van der Waals surface area contributed by atoms with E-state index in [0.717, 1.165) is 47.0 Å². The van der Waals surface area contributed by atoms with E-state index in [1.165, 1.54) is 12.8 Å². The van der Waals surface area contributed by atoms with Crippen molar-refractivity contribution < 1.29 is 14.3 Å². The predicted molar refractivity (Wildman–Crippen MR) is 153 cm³/mol. The van der Waals surface area contributed by atoms with Gasteiger partial charge in [0.05, 0.1) is 16.7 Å². The molecule has 2 aromatic rings. The van der Waals surface area contributed by atoms with Crippen molar-refractivity contribution in [1.82, 2.24) is 14.8 Å². The lowest BCUT2D eigenvalue weighted by Crippen LogP contribution is -2.57.